The van der Waals surface area contributed by atoms with E-state index in [2.05, 4.69) is 43.4 Å². The van der Waals surface area contributed by atoms with Gasteiger partial charge in [-0.3, -0.25) is 0 Å². The van der Waals surface area contributed by atoms with Crippen LogP contribution in [0.25, 0.3) is 0 Å². The average Bonchev–Trinajstić information content (AvgIpc) is 2.38. The molecule has 2 aromatic rings. The van der Waals surface area contributed by atoms with Crippen molar-refractivity contribution in [2.75, 3.05) is 0 Å². The first-order chi connectivity index (χ1) is 9.06. The summed E-state index contributed by atoms with van der Waals surface area (Å²) in [7, 11) is 0. The molecule has 0 aliphatic rings. The molecule has 2 aromatic carbocycles. The van der Waals surface area contributed by atoms with Crippen LogP contribution in [0, 0.1) is 6.92 Å². The fraction of sp³-hybridized carbons (Fsp3) is 0.250. The van der Waals surface area contributed by atoms with Crippen LogP contribution in [-0.4, -0.2) is 10.2 Å². The number of phenolic OH excluding ortho intramolecular Hbond substituents is 2. The van der Waals surface area contributed by atoms with E-state index in [0.717, 1.165) is 5.56 Å². The number of aromatic hydroxyl groups is 2. The molecule has 0 radical (unpaired) electrons. The molecule has 2 rings (SSSR count). The van der Waals surface area contributed by atoms with Gasteiger partial charge in [-0.15, -0.1) is 0 Å². The number of phenols is 2. The van der Waals surface area contributed by atoms with E-state index in [9.17, 15) is 10.2 Å². The van der Waals surface area contributed by atoms with Crippen LogP contribution in [-0.2, 0) is 6.54 Å². The molecule has 3 N–H and O–H groups in total. The molecule has 1 atom stereocenters. The summed E-state index contributed by atoms with van der Waals surface area (Å²) in [6.45, 7) is 4.71. The molecular formula is C16H19NO2. The maximum absolute atomic E-state index is 9.71. The Kier molecular flexibility index (Phi) is 4.07. The summed E-state index contributed by atoms with van der Waals surface area (Å²) in [4.78, 5) is 0. The maximum atomic E-state index is 9.71. The van der Waals surface area contributed by atoms with Crippen LogP contribution in [0.1, 0.15) is 29.7 Å². The van der Waals surface area contributed by atoms with Gasteiger partial charge in [0.25, 0.3) is 0 Å². The van der Waals surface area contributed by atoms with Crippen LogP contribution in [0.5, 0.6) is 11.5 Å². The number of benzene rings is 2. The number of hydrogen-bond acceptors (Lipinski definition) is 3. The molecule has 0 saturated carbocycles. The molecule has 0 aliphatic heterocycles. The lowest BCUT2D eigenvalue weighted by molar-refractivity contribution is 0.441. The number of nitrogens with one attached hydrogen (secondary N) is 1. The molecule has 0 unspecified atom stereocenters. The summed E-state index contributed by atoms with van der Waals surface area (Å²) in [5, 5.41) is 22.3. The van der Waals surface area contributed by atoms with Gasteiger partial charge in [-0.1, -0.05) is 35.9 Å². The number of hydrogen-bond donors (Lipinski definition) is 3. The Morgan fingerprint density at radius 2 is 1.74 bits per heavy atom. The predicted octanol–water partition coefficient (Wildman–Crippen LogP) is 3.26. The Labute approximate surface area is 113 Å². The first-order valence-electron chi connectivity index (χ1n) is 6.37. The van der Waals surface area contributed by atoms with Crippen molar-refractivity contribution in [3.05, 3.63) is 59.2 Å². The van der Waals surface area contributed by atoms with Crippen LogP contribution in [0.2, 0.25) is 0 Å². The fourth-order valence-electron chi connectivity index (χ4n) is 1.94. The van der Waals surface area contributed by atoms with E-state index in [1.807, 2.05) is 0 Å². The Hall–Kier alpha value is -2.00. The van der Waals surface area contributed by atoms with Gasteiger partial charge in [0.05, 0.1) is 0 Å². The SMILES string of the molecule is Cc1ccc([C@H](C)NCc2ccc(O)cc2O)cc1. The van der Waals surface area contributed by atoms with Gasteiger partial charge in [-0.25, -0.2) is 0 Å². The van der Waals surface area contributed by atoms with Gasteiger partial charge in [0.15, 0.2) is 0 Å². The van der Waals surface area contributed by atoms with Crippen LogP contribution < -0.4 is 5.32 Å². The average molecular weight is 257 g/mol. The lowest BCUT2D eigenvalue weighted by Crippen LogP contribution is -2.18. The van der Waals surface area contributed by atoms with Gasteiger partial charge in [-0.2, -0.15) is 0 Å². The predicted molar refractivity (Wildman–Crippen MR) is 76.2 cm³/mol. The molecule has 3 nitrogen and oxygen atoms in total. The Balaban J connectivity index is 2.00. The molecular weight excluding hydrogens is 238 g/mol. The van der Waals surface area contributed by atoms with Gasteiger partial charge in [-0.05, 0) is 25.5 Å². The molecule has 0 spiro atoms. The van der Waals surface area contributed by atoms with Crippen molar-refractivity contribution in [1.29, 1.82) is 0 Å². The van der Waals surface area contributed by atoms with Gasteiger partial charge in [0.2, 0.25) is 0 Å². The lowest BCUT2D eigenvalue weighted by atomic mass is 10.1. The van der Waals surface area contributed by atoms with Crippen LogP contribution in [0.4, 0.5) is 0 Å². The highest BCUT2D eigenvalue weighted by atomic mass is 16.3. The largest absolute Gasteiger partial charge is 0.508 e. The van der Waals surface area contributed by atoms with Crippen molar-refractivity contribution in [1.82, 2.24) is 5.32 Å². The fourth-order valence-corrected chi connectivity index (χ4v) is 1.94. The van der Waals surface area contributed by atoms with Crippen molar-refractivity contribution < 1.29 is 10.2 Å². The molecule has 0 bridgehead atoms. The summed E-state index contributed by atoms with van der Waals surface area (Å²) in [5.41, 5.74) is 3.23. The van der Waals surface area contributed by atoms with Crippen molar-refractivity contribution in [2.24, 2.45) is 0 Å². The molecule has 0 heterocycles. The molecule has 3 heteroatoms. The molecule has 0 fully saturated rings. The van der Waals surface area contributed by atoms with E-state index in [0.29, 0.717) is 6.54 Å². The van der Waals surface area contributed by atoms with Crippen molar-refractivity contribution in [3.8, 4) is 11.5 Å². The third kappa shape index (κ3) is 3.48. The van der Waals surface area contributed by atoms with E-state index in [4.69, 9.17) is 0 Å². The Morgan fingerprint density at radius 1 is 1.05 bits per heavy atom. The van der Waals surface area contributed by atoms with E-state index in [-0.39, 0.29) is 17.5 Å². The molecule has 0 aliphatic carbocycles. The van der Waals surface area contributed by atoms with Crippen LogP contribution >= 0.6 is 0 Å². The second-order valence-electron chi connectivity index (χ2n) is 4.83. The van der Waals surface area contributed by atoms with Crippen LogP contribution in [0.15, 0.2) is 42.5 Å². The minimum Gasteiger partial charge on any atom is -0.508 e. The highest BCUT2D eigenvalue weighted by molar-refractivity contribution is 5.39. The highest BCUT2D eigenvalue weighted by Gasteiger charge is 2.07. The monoisotopic (exact) mass is 257 g/mol. The minimum atomic E-state index is 0.0767. The zero-order valence-corrected chi connectivity index (χ0v) is 11.2. The number of aryl methyl sites for hydroxylation is 1. The van der Waals surface area contributed by atoms with Gasteiger partial charge >= 0.3 is 0 Å². The molecule has 0 amide bonds. The molecule has 0 aromatic heterocycles. The first kappa shape index (κ1) is 13.4. The third-order valence-electron chi connectivity index (χ3n) is 3.24. The summed E-state index contributed by atoms with van der Waals surface area (Å²) >= 11 is 0. The summed E-state index contributed by atoms with van der Waals surface area (Å²) < 4.78 is 0. The third-order valence-corrected chi connectivity index (χ3v) is 3.24. The Bertz CT molecular complexity index is 549. The summed E-state index contributed by atoms with van der Waals surface area (Å²) in [6.07, 6.45) is 0. The summed E-state index contributed by atoms with van der Waals surface area (Å²) in [5.74, 6) is 0.191. The summed E-state index contributed by atoms with van der Waals surface area (Å²) in [6, 6.07) is 13.2. The Morgan fingerprint density at radius 3 is 2.37 bits per heavy atom. The standard InChI is InChI=1S/C16H19NO2/c1-11-3-5-13(6-4-11)12(2)17-10-14-7-8-15(18)9-16(14)19/h3-9,12,17-19H,10H2,1-2H3/t12-/m0/s1. The van der Waals surface area contributed by atoms with Gasteiger partial charge in [0, 0.05) is 24.2 Å². The minimum absolute atomic E-state index is 0.0767. The van der Waals surface area contributed by atoms with Crippen molar-refractivity contribution in [3.63, 3.8) is 0 Å². The molecule has 0 saturated heterocycles. The second-order valence-corrected chi connectivity index (χ2v) is 4.83. The van der Waals surface area contributed by atoms with Gasteiger partial charge in [0.1, 0.15) is 11.5 Å². The zero-order chi connectivity index (χ0) is 13.8. The van der Waals surface area contributed by atoms with Crippen LogP contribution in [0.3, 0.4) is 0 Å². The first-order valence-corrected chi connectivity index (χ1v) is 6.37. The normalized spacial score (nSPS) is 12.3. The smallest absolute Gasteiger partial charge is 0.123 e. The quantitative estimate of drug-likeness (QED) is 0.788. The van der Waals surface area contributed by atoms with Crippen molar-refractivity contribution >= 4 is 0 Å². The van der Waals surface area contributed by atoms with E-state index < -0.39 is 0 Å². The van der Waals surface area contributed by atoms with Gasteiger partial charge < -0.3 is 15.5 Å². The van der Waals surface area contributed by atoms with E-state index in [1.54, 1.807) is 12.1 Å². The topological polar surface area (TPSA) is 52.5 Å². The lowest BCUT2D eigenvalue weighted by Gasteiger charge is -2.15. The number of rotatable bonds is 4. The second kappa shape index (κ2) is 5.76. The highest BCUT2D eigenvalue weighted by Crippen LogP contribution is 2.23. The zero-order valence-electron chi connectivity index (χ0n) is 11.2. The molecule has 100 valence electrons. The maximum Gasteiger partial charge on any atom is 0.123 e. The van der Waals surface area contributed by atoms with Crippen molar-refractivity contribution in [2.45, 2.75) is 26.4 Å². The van der Waals surface area contributed by atoms with E-state index in [1.165, 1.54) is 17.2 Å². The molecule has 19 heavy (non-hydrogen) atoms. The van der Waals surface area contributed by atoms with E-state index >= 15 is 0 Å².